The highest BCUT2D eigenvalue weighted by atomic mass is 14.3. The van der Waals surface area contributed by atoms with E-state index in [-0.39, 0.29) is 0 Å². The predicted octanol–water partition coefficient (Wildman–Crippen LogP) is 7.03. The molecule has 2 aromatic rings. The van der Waals surface area contributed by atoms with Gasteiger partial charge in [-0.1, -0.05) is 54.3 Å². The maximum atomic E-state index is 2.50. The summed E-state index contributed by atoms with van der Waals surface area (Å²) in [4.78, 5) is 0. The van der Waals surface area contributed by atoms with Crippen LogP contribution in [0.5, 0.6) is 0 Å². The van der Waals surface area contributed by atoms with E-state index in [0.717, 1.165) is 6.42 Å². The van der Waals surface area contributed by atoms with Gasteiger partial charge in [0.15, 0.2) is 0 Å². The van der Waals surface area contributed by atoms with Crippen molar-refractivity contribution in [2.45, 2.75) is 67.2 Å². The van der Waals surface area contributed by atoms with Crippen LogP contribution in [-0.2, 0) is 6.42 Å². The van der Waals surface area contributed by atoms with Crippen LogP contribution in [0.2, 0.25) is 0 Å². The molecule has 0 N–H and O–H groups in total. The van der Waals surface area contributed by atoms with Crippen molar-refractivity contribution in [1.29, 1.82) is 0 Å². The Morgan fingerprint density at radius 2 is 1.50 bits per heavy atom. The fourth-order valence-electron chi connectivity index (χ4n) is 4.17. The lowest BCUT2D eigenvalue weighted by Crippen LogP contribution is -2.00. The number of aryl methyl sites for hydroxylation is 2. The number of allylic oxidation sites excluding steroid dienone is 1. The Kier molecular flexibility index (Phi) is 4.67. The molecular weight excluding hydrogens is 288 g/mol. The Labute approximate surface area is 147 Å². The van der Waals surface area contributed by atoms with Crippen molar-refractivity contribution >= 4 is 6.08 Å². The van der Waals surface area contributed by atoms with E-state index in [9.17, 15) is 0 Å². The van der Waals surface area contributed by atoms with Gasteiger partial charge in [0.1, 0.15) is 0 Å². The molecule has 0 saturated carbocycles. The predicted molar refractivity (Wildman–Crippen MR) is 107 cm³/mol. The van der Waals surface area contributed by atoms with E-state index in [0.29, 0.717) is 0 Å². The second-order valence-electron chi connectivity index (χ2n) is 7.60. The minimum absolute atomic E-state index is 1.15. The molecule has 1 aliphatic rings. The molecule has 0 heteroatoms. The van der Waals surface area contributed by atoms with Crippen molar-refractivity contribution in [3.8, 4) is 11.1 Å². The van der Waals surface area contributed by atoms with Crippen LogP contribution < -0.4 is 0 Å². The van der Waals surface area contributed by atoms with Gasteiger partial charge in [-0.2, -0.15) is 0 Å². The first kappa shape index (κ1) is 17.0. The quantitative estimate of drug-likeness (QED) is 0.568. The maximum Gasteiger partial charge on any atom is -0.00549 e. The van der Waals surface area contributed by atoms with E-state index >= 15 is 0 Å². The molecule has 2 aromatic carbocycles. The number of benzene rings is 2. The molecule has 0 nitrogen and oxygen atoms in total. The average Bonchev–Trinajstić information content (AvgIpc) is 2.94. The maximum absolute atomic E-state index is 2.50. The molecule has 0 unspecified atom stereocenters. The lowest BCUT2D eigenvalue weighted by Gasteiger charge is -2.19. The molecule has 3 rings (SSSR count). The Morgan fingerprint density at radius 1 is 0.833 bits per heavy atom. The van der Waals surface area contributed by atoms with Crippen LogP contribution in [0.3, 0.4) is 0 Å². The van der Waals surface area contributed by atoms with Crippen molar-refractivity contribution in [3.63, 3.8) is 0 Å². The Hall–Kier alpha value is -1.82. The molecule has 1 aliphatic carbocycles. The van der Waals surface area contributed by atoms with Gasteiger partial charge in [-0.3, -0.25) is 0 Å². The van der Waals surface area contributed by atoms with Crippen LogP contribution in [0.25, 0.3) is 17.2 Å². The third kappa shape index (κ3) is 2.95. The summed E-state index contributed by atoms with van der Waals surface area (Å²) in [5.74, 6) is 0. The van der Waals surface area contributed by atoms with Crippen LogP contribution in [0, 0.1) is 34.6 Å². The van der Waals surface area contributed by atoms with Gasteiger partial charge in [-0.05, 0) is 92.8 Å². The van der Waals surface area contributed by atoms with Gasteiger partial charge in [0.2, 0.25) is 0 Å². The number of hydrogen-bond donors (Lipinski definition) is 0. The zero-order valence-corrected chi connectivity index (χ0v) is 16.1. The third-order valence-corrected chi connectivity index (χ3v) is 5.66. The van der Waals surface area contributed by atoms with Crippen molar-refractivity contribution in [2.75, 3.05) is 0 Å². The normalized spacial score (nSPS) is 13.2. The number of hydrogen-bond acceptors (Lipinski definition) is 0. The molecule has 0 fully saturated rings. The summed E-state index contributed by atoms with van der Waals surface area (Å²) in [6, 6.07) is 6.97. The largest absolute Gasteiger partial charge is 0.0654 e. The zero-order valence-electron chi connectivity index (χ0n) is 16.1. The molecule has 0 heterocycles. The average molecular weight is 319 g/mol. The minimum Gasteiger partial charge on any atom is -0.0654 e. The van der Waals surface area contributed by atoms with Crippen LogP contribution >= 0.6 is 0 Å². The molecule has 0 aromatic heterocycles. The number of fused-ring (bicyclic) bond motifs is 1. The minimum atomic E-state index is 1.15. The van der Waals surface area contributed by atoms with E-state index in [1.54, 1.807) is 11.1 Å². The molecule has 0 atom stereocenters. The third-order valence-electron chi connectivity index (χ3n) is 5.66. The van der Waals surface area contributed by atoms with E-state index in [1.165, 1.54) is 63.8 Å². The first-order valence-electron chi connectivity index (χ1n) is 9.33. The van der Waals surface area contributed by atoms with Crippen molar-refractivity contribution in [3.05, 3.63) is 62.7 Å². The van der Waals surface area contributed by atoms with Crippen LogP contribution in [-0.4, -0.2) is 0 Å². The molecule has 0 saturated heterocycles. The van der Waals surface area contributed by atoms with Gasteiger partial charge < -0.3 is 0 Å². The van der Waals surface area contributed by atoms with Gasteiger partial charge in [-0.15, -0.1) is 0 Å². The summed E-state index contributed by atoms with van der Waals surface area (Å²) >= 11 is 0. The smallest absolute Gasteiger partial charge is 0.00549 e. The van der Waals surface area contributed by atoms with Gasteiger partial charge >= 0.3 is 0 Å². The summed E-state index contributed by atoms with van der Waals surface area (Å²) in [5.41, 5.74) is 14.6. The van der Waals surface area contributed by atoms with Gasteiger partial charge in [0.05, 0.1) is 0 Å². The Balaban J connectivity index is 2.21. The molecule has 0 amide bonds. The summed E-state index contributed by atoms with van der Waals surface area (Å²) in [7, 11) is 0. The number of rotatable bonds is 4. The first-order chi connectivity index (χ1) is 11.4. The standard InChI is InChI=1S/C24H30/c1-7-8-9-20-13-22-18(5)17(4)19(6)24(23(22)14-20)21-11-15(2)10-16(3)12-21/h10-12,14H,7-9,13H2,1-6H3. The van der Waals surface area contributed by atoms with E-state index < -0.39 is 0 Å². The zero-order chi connectivity index (χ0) is 17.4. The summed E-state index contributed by atoms with van der Waals surface area (Å²) in [6.07, 6.45) is 7.47. The van der Waals surface area contributed by atoms with Crippen molar-refractivity contribution in [1.82, 2.24) is 0 Å². The monoisotopic (exact) mass is 318 g/mol. The fourth-order valence-corrected chi connectivity index (χ4v) is 4.17. The van der Waals surface area contributed by atoms with E-state index in [2.05, 4.69) is 65.8 Å². The molecule has 0 radical (unpaired) electrons. The molecule has 24 heavy (non-hydrogen) atoms. The SMILES string of the molecule is CCCCC1=Cc2c(c(C)c(C)c(C)c2-c2cc(C)cc(C)c2)C1. The summed E-state index contributed by atoms with van der Waals surface area (Å²) in [6.45, 7) is 13.6. The lowest BCUT2D eigenvalue weighted by molar-refractivity contribution is 0.779. The topological polar surface area (TPSA) is 0 Å². The fraction of sp³-hybridized carbons (Fsp3) is 0.417. The van der Waals surface area contributed by atoms with Gasteiger partial charge in [0, 0.05) is 0 Å². The van der Waals surface area contributed by atoms with Crippen LogP contribution in [0.1, 0.15) is 65.1 Å². The van der Waals surface area contributed by atoms with Crippen LogP contribution in [0.4, 0.5) is 0 Å². The first-order valence-corrected chi connectivity index (χ1v) is 9.33. The van der Waals surface area contributed by atoms with Crippen molar-refractivity contribution < 1.29 is 0 Å². The molecule has 126 valence electrons. The van der Waals surface area contributed by atoms with Crippen LogP contribution in [0.15, 0.2) is 23.8 Å². The van der Waals surface area contributed by atoms with Crippen molar-refractivity contribution in [2.24, 2.45) is 0 Å². The molecule has 0 spiro atoms. The Morgan fingerprint density at radius 3 is 2.12 bits per heavy atom. The summed E-state index contributed by atoms with van der Waals surface area (Å²) in [5, 5.41) is 0. The molecule has 0 bridgehead atoms. The molecule has 0 aliphatic heterocycles. The highest BCUT2D eigenvalue weighted by Crippen LogP contribution is 2.41. The van der Waals surface area contributed by atoms with E-state index in [1.807, 2.05) is 0 Å². The second-order valence-corrected chi connectivity index (χ2v) is 7.60. The van der Waals surface area contributed by atoms with Gasteiger partial charge in [0.25, 0.3) is 0 Å². The second kappa shape index (κ2) is 6.59. The van der Waals surface area contributed by atoms with E-state index in [4.69, 9.17) is 0 Å². The summed E-state index contributed by atoms with van der Waals surface area (Å²) < 4.78 is 0. The Bertz CT molecular complexity index is 798. The lowest BCUT2D eigenvalue weighted by atomic mass is 9.85. The number of unbranched alkanes of at least 4 members (excludes halogenated alkanes) is 1. The highest BCUT2D eigenvalue weighted by Gasteiger charge is 2.22. The highest BCUT2D eigenvalue weighted by molar-refractivity contribution is 5.85. The molecular formula is C24H30. The van der Waals surface area contributed by atoms with Gasteiger partial charge in [-0.25, -0.2) is 0 Å².